The highest BCUT2D eigenvalue weighted by Crippen LogP contribution is 2.39. The Morgan fingerprint density at radius 2 is 2.00 bits per heavy atom. The third-order valence-electron chi connectivity index (χ3n) is 3.02. The molecule has 0 amide bonds. The summed E-state index contributed by atoms with van der Waals surface area (Å²) in [7, 11) is 0. The van der Waals surface area contributed by atoms with Gasteiger partial charge in [0.1, 0.15) is 5.76 Å². The highest BCUT2D eigenvalue weighted by atomic mass is 16.7. The molecule has 2 heterocycles. The van der Waals surface area contributed by atoms with Crippen molar-refractivity contribution in [3.63, 3.8) is 0 Å². The van der Waals surface area contributed by atoms with Crippen LogP contribution in [0, 0.1) is 5.41 Å². The number of nitrogens with two attached hydrogens (primary N) is 1. The van der Waals surface area contributed by atoms with Gasteiger partial charge in [-0.1, -0.05) is 20.8 Å². The number of hydrogen-bond acceptors (Lipinski definition) is 5. The van der Waals surface area contributed by atoms with E-state index in [0.717, 1.165) is 12.2 Å². The maximum atomic E-state index is 5.73. The SMILES string of the molecule is CC(C)(C)CC(C)(C)N1OC(N)=NC1c1ccco1. The molecule has 0 aliphatic carbocycles. The van der Waals surface area contributed by atoms with Crippen LogP contribution in [0.4, 0.5) is 0 Å². The van der Waals surface area contributed by atoms with Gasteiger partial charge in [-0.3, -0.25) is 0 Å². The summed E-state index contributed by atoms with van der Waals surface area (Å²) < 4.78 is 5.44. The van der Waals surface area contributed by atoms with Crippen molar-refractivity contribution in [2.75, 3.05) is 0 Å². The lowest BCUT2D eigenvalue weighted by Crippen LogP contribution is -2.46. The minimum Gasteiger partial charge on any atom is -0.465 e. The number of aliphatic imine (C=N–C) groups is 1. The number of amidine groups is 1. The molecule has 2 rings (SSSR count). The van der Waals surface area contributed by atoms with Crippen molar-refractivity contribution in [1.82, 2.24) is 5.06 Å². The van der Waals surface area contributed by atoms with E-state index in [1.807, 2.05) is 17.2 Å². The van der Waals surface area contributed by atoms with Crippen LogP contribution < -0.4 is 5.73 Å². The largest absolute Gasteiger partial charge is 0.465 e. The van der Waals surface area contributed by atoms with Gasteiger partial charge in [0.2, 0.25) is 0 Å². The number of nitrogens with zero attached hydrogens (tertiary/aromatic N) is 2. The van der Waals surface area contributed by atoms with Gasteiger partial charge in [0.15, 0.2) is 6.17 Å². The second-order valence-corrected chi connectivity index (χ2v) is 6.82. The standard InChI is InChI=1S/C14H23N3O2/c1-13(2,3)9-14(4,5)17-11(16-12(15)19-17)10-7-6-8-18-10/h6-8,11H,9H2,1-5H3,(H2,15,16). The molecule has 19 heavy (non-hydrogen) atoms. The topological polar surface area (TPSA) is 64.0 Å². The highest BCUT2D eigenvalue weighted by Gasteiger charge is 2.43. The summed E-state index contributed by atoms with van der Waals surface area (Å²) in [6.45, 7) is 10.9. The first-order chi connectivity index (χ1) is 8.69. The molecule has 0 saturated carbocycles. The molecule has 0 saturated heterocycles. The van der Waals surface area contributed by atoms with Crippen molar-refractivity contribution in [1.29, 1.82) is 0 Å². The maximum Gasteiger partial charge on any atom is 0.304 e. The quantitative estimate of drug-likeness (QED) is 0.912. The summed E-state index contributed by atoms with van der Waals surface area (Å²) in [5.41, 5.74) is 5.70. The fraction of sp³-hybridized carbons (Fsp3) is 0.643. The number of hydrogen-bond donors (Lipinski definition) is 1. The Morgan fingerprint density at radius 3 is 2.53 bits per heavy atom. The molecule has 0 aromatic carbocycles. The first-order valence-electron chi connectivity index (χ1n) is 6.53. The van der Waals surface area contributed by atoms with E-state index in [1.54, 1.807) is 6.26 Å². The summed E-state index contributed by atoms with van der Waals surface area (Å²) in [4.78, 5) is 9.92. The number of hydroxylamine groups is 2. The Labute approximate surface area is 114 Å². The van der Waals surface area contributed by atoms with E-state index in [9.17, 15) is 0 Å². The minimum atomic E-state index is -0.313. The van der Waals surface area contributed by atoms with Crippen LogP contribution in [0.5, 0.6) is 0 Å². The molecule has 1 aromatic heterocycles. The number of furan rings is 1. The smallest absolute Gasteiger partial charge is 0.304 e. The maximum absolute atomic E-state index is 5.73. The predicted molar refractivity (Wildman–Crippen MR) is 74.1 cm³/mol. The molecule has 0 bridgehead atoms. The average molecular weight is 265 g/mol. The van der Waals surface area contributed by atoms with E-state index in [2.05, 4.69) is 39.6 Å². The van der Waals surface area contributed by atoms with Crippen molar-refractivity contribution < 1.29 is 9.25 Å². The van der Waals surface area contributed by atoms with E-state index >= 15 is 0 Å². The van der Waals surface area contributed by atoms with Gasteiger partial charge in [-0.25, -0.2) is 4.99 Å². The summed E-state index contributed by atoms with van der Waals surface area (Å²) in [5, 5.41) is 1.83. The van der Waals surface area contributed by atoms with Crippen molar-refractivity contribution >= 4 is 6.02 Å². The summed E-state index contributed by atoms with van der Waals surface area (Å²) in [6, 6.07) is 3.91. The molecule has 106 valence electrons. The predicted octanol–water partition coefficient (Wildman–Crippen LogP) is 3.05. The molecule has 5 heteroatoms. The fourth-order valence-electron chi connectivity index (χ4n) is 2.79. The normalized spacial score (nSPS) is 21.3. The van der Waals surface area contributed by atoms with Crippen molar-refractivity contribution in [2.24, 2.45) is 16.1 Å². The number of rotatable bonds is 3. The third kappa shape index (κ3) is 3.10. The molecule has 5 nitrogen and oxygen atoms in total. The average Bonchev–Trinajstić information content (AvgIpc) is 2.80. The van der Waals surface area contributed by atoms with Crippen LogP contribution in [0.1, 0.15) is 53.0 Å². The Kier molecular flexibility index (Phi) is 3.34. The zero-order valence-corrected chi connectivity index (χ0v) is 12.3. The van der Waals surface area contributed by atoms with Gasteiger partial charge in [-0.05, 0) is 37.8 Å². The molecule has 2 N–H and O–H groups in total. The van der Waals surface area contributed by atoms with E-state index in [4.69, 9.17) is 15.0 Å². The van der Waals surface area contributed by atoms with Gasteiger partial charge < -0.3 is 15.0 Å². The van der Waals surface area contributed by atoms with Crippen LogP contribution >= 0.6 is 0 Å². The molecule has 1 unspecified atom stereocenters. The summed E-state index contributed by atoms with van der Waals surface area (Å²) in [6.07, 6.45) is 2.27. The molecule has 1 atom stereocenters. The van der Waals surface area contributed by atoms with Crippen LogP contribution in [0.15, 0.2) is 27.8 Å². The zero-order valence-electron chi connectivity index (χ0n) is 12.3. The van der Waals surface area contributed by atoms with Crippen LogP contribution in [-0.4, -0.2) is 16.6 Å². The molecular weight excluding hydrogens is 242 g/mol. The first kappa shape index (κ1) is 13.9. The van der Waals surface area contributed by atoms with Gasteiger partial charge in [0, 0.05) is 0 Å². The Bertz CT molecular complexity index is 458. The Hall–Kier alpha value is -1.49. The van der Waals surface area contributed by atoms with Crippen LogP contribution in [0.2, 0.25) is 0 Å². The second-order valence-electron chi connectivity index (χ2n) is 6.82. The van der Waals surface area contributed by atoms with Crippen molar-refractivity contribution in [2.45, 2.75) is 52.7 Å². The summed E-state index contributed by atoms with van der Waals surface area (Å²) in [5.74, 6) is 0.738. The fourth-order valence-corrected chi connectivity index (χ4v) is 2.79. The van der Waals surface area contributed by atoms with Gasteiger partial charge in [-0.15, -0.1) is 5.06 Å². The summed E-state index contributed by atoms with van der Waals surface area (Å²) >= 11 is 0. The molecule has 1 aliphatic heterocycles. The first-order valence-corrected chi connectivity index (χ1v) is 6.53. The molecule has 1 aliphatic rings. The van der Waals surface area contributed by atoms with E-state index in [0.29, 0.717) is 0 Å². The van der Waals surface area contributed by atoms with Crippen molar-refractivity contribution in [3.8, 4) is 0 Å². The van der Waals surface area contributed by atoms with E-state index < -0.39 is 0 Å². The lowest BCUT2D eigenvalue weighted by atomic mass is 9.81. The van der Waals surface area contributed by atoms with Crippen LogP contribution in [0.3, 0.4) is 0 Å². The van der Waals surface area contributed by atoms with Gasteiger partial charge in [0.05, 0.1) is 11.8 Å². The lowest BCUT2D eigenvalue weighted by Gasteiger charge is -2.39. The molecule has 1 aromatic rings. The minimum absolute atomic E-state index is 0.178. The molecule has 0 fully saturated rings. The highest BCUT2D eigenvalue weighted by molar-refractivity contribution is 5.72. The third-order valence-corrected chi connectivity index (χ3v) is 3.02. The van der Waals surface area contributed by atoms with Gasteiger partial charge in [0.25, 0.3) is 0 Å². The Balaban J connectivity index is 2.24. The monoisotopic (exact) mass is 265 g/mol. The van der Waals surface area contributed by atoms with Crippen LogP contribution in [-0.2, 0) is 4.84 Å². The second kappa shape index (κ2) is 4.56. The van der Waals surface area contributed by atoms with E-state index in [-0.39, 0.29) is 23.1 Å². The molecule has 0 spiro atoms. The molecular formula is C14H23N3O2. The zero-order chi connectivity index (χ0) is 14.3. The van der Waals surface area contributed by atoms with Gasteiger partial charge in [-0.2, -0.15) is 0 Å². The van der Waals surface area contributed by atoms with Crippen LogP contribution in [0.25, 0.3) is 0 Å². The van der Waals surface area contributed by atoms with Crippen molar-refractivity contribution in [3.05, 3.63) is 24.2 Å². The van der Waals surface area contributed by atoms with Gasteiger partial charge >= 0.3 is 6.02 Å². The molecule has 0 radical (unpaired) electrons. The Morgan fingerprint density at radius 1 is 1.32 bits per heavy atom. The van der Waals surface area contributed by atoms with E-state index in [1.165, 1.54) is 0 Å². The lowest BCUT2D eigenvalue weighted by molar-refractivity contribution is -0.171.